The molecule has 2 atom stereocenters. The minimum Gasteiger partial charge on any atom is -0.348 e. The van der Waals surface area contributed by atoms with E-state index in [1.165, 1.54) is 6.26 Å². The molecule has 1 aliphatic rings. The van der Waals surface area contributed by atoms with Crippen LogP contribution in [0.3, 0.4) is 0 Å². The van der Waals surface area contributed by atoms with Crippen molar-refractivity contribution in [1.82, 2.24) is 10.6 Å². The molecule has 0 aliphatic carbocycles. The summed E-state index contributed by atoms with van der Waals surface area (Å²) in [7, 11) is -3.18. The highest BCUT2D eigenvalue weighted by Gasteiger charge is 2.23. The maximum absolute atomic E-state index is 12.0. The van der Waals surface area contributed by atoms with Gasteiger partial charge in [0, 0.05) is 17.9 Å². The molecule has 0 radical (unpaired) electrons. The quantitative estimate of drug-likeness (QED) is 0.857. The molecule has 2 N–H and O–H groups in total. The molecule has 1 aromatic rings. The molecule has 118 valence electrons. The van der Waals surface area contributed by atoms with E-state index in [1.807, 2.05) is 6.92 Å². The second kappa shape index (κ2) is 7.49. The predicted octanol–water partition coefficient (Wildman–Crippen LogP) is 1.35. The normalized spacial score (nSPS) is 19.6. The lowest BCUT2D eigenvalue weighted by Crippen LogP contribution is -2.42. The molecule has 1 amide bonds. The highest BCUT2D eigenvalue weighted by atomic mass is 35.5. The van der Waals surface area contributed by atoms with Crippen LogP contribution in [-0.2, 0) is 14.6 Å². The van der Waals surface area contributed by atoms with Crippen LogP contribution in [0.5, 0.6) is 0 Å². The second-order valence-corrected chi connectivity index (χ2v) is 7.89. The van der Waals surface area contributed by atoms with Gasteiger partial charge in [0.1, 0.15) is 0 Å². The highest BCUT2D eigenvalue weighted by Crippen LogP contribution is 2.17. The van der Waals surface area contributed by atoms with E-state index in [9.17, 15) is 13.2 Å². The number of carbonyl (C=O) groups excluding carboxylic acids is 1. The van der Waals surface area contributed by atoms with Gasteiger partial charge in [0.2, 0.25) is 5.91 Å². The molecule has 1 fully saturated rings. The first-order chi connectivity index (χ1) is 9.38. The molecule has 1 aliphatic heterocycles. The number of rotatable bonds is 4. The number of sulfone groups is 1. The van der Waals surface area contributed by atoms with Gasteiger partial charge in [0.15, 0.2) is 9.84 Å². The largest absolute Gasteiger partial charge is 0.348 e. The van der Waals surface area contributed by atoms with Crippen molar-refractivity contribution >= 4 is 39.9 Å². The van der Waals surface area contributed by atoms with Gasteiger partial charge in [0.05, 0.1) is 17.0 Å². The summed E-state index contributed by atoms with van der Waals surface area (Å²) in [4.78, 5) is 12.3. The van der Waals surface area contributed by atoms with Crippen molar-refractivity contribution in [3.63, 3.8) is 0 Å². The Morgan fingerprint density at radius 2 is 2.00 bits per heavy atom. The Kier molecular flexibility index (Phi) is 6.52. The third-order valence-corrected chi connectivity index (χ3v) is 5.27. The van der Waals surface area contributed by atoms with Crippen LogP contribution in [0.25, 0.3) is 0 Å². The first-order valence-electron chi connectivity index (χ1n) is 6.29. The topological polar surface area (TPSA) is 75.3 Å². The van der Waals surface area contributed by atoms with Crippen molar-refractivity contribution < 1.29 is 13.2 Å². The van der Waals surface area contributed by atoms with Crippen molar-refractivity contribution in [2.75, 3.05) is 17.9 Å². The van der Waals surface area contributed by atoms with E-state index >= 15 is 0 Å². The molecule has 2 unspecified atom stereocenters. The molecule has 2 rings (SSSR count). The Morgan fingerprint density at radius 3 is 2.48 bits per heavy atom. The van der Waals surface area contributed by atoms with E-state index in [-0.39, 0.29) is 35.3 Å². The zero-order valence-electron chi connectivity index (χ0n) is 11.8. The lowest BCUT2D eigenvalue weighted by atomic mass is 10.1. The lowest BCUT2D eigenvalue weighted by molar-refractivity contribution is -0.123. The molecule has 1 saturated heterocycles. The molecule has 0 spiro atoms. The number of amides is 1. The van der Waals surface area contributed by atoms with Crippen molar-refractivity contribution in [2.24, 2.45) is 0 Å². The second-order valence-electron chi connectivity index (χ2n) is 4.84. The van der Waals surface area contributed by atoms with Gasteiger partial charge in [-0.3, -0.25) is 10.1 Å². The molecule has 0 saturated carbocycles. The summed E-state index contributed by atoms with van der Waals surface area (Å²) in [5.74, 6) is 1.57. The average molecular weight is 351 g/mol. The Balaban J connectivity index is 0.00000220. The summed E-state index contributed by atoms with van der Waals surface area (Å²) in [6, 6.07) is 6.31. The number of benzene rings is 1. The van der Waals surface area contributed by atoms with E-state index in [2.05, 4.69) is 10.6 Å². The van der Waals surface area contributed by atoms with Gasteiger partial charge in [-0.15, -0.1) is 24.2 Å². The summed E-state index contributed by atoms with van der Waals surface area (Å²) in [6.07, 6.45) is 1.18. The third-order valence-electron chi connectivity index (χ3n) is 3.20. The number of nitrogens with one attached hydrogen (secondary N) is 2. The zero-order valence-corrected chi connectivity index (χ0v) is 14.3. The van der Waals surface area contributed by atoms with Gasteiger partial charge in [-0.25, -0.2) is 8.42 Å². The number of carbonyl (C=O) groups is 1. The lowest BCUT2D eigenvalue weighted by Gasteiger charge is -2.17. The summed E-state index contributed by atoms with van der Waals surface area (Å²) in [5.41, 5.74) is 0.886. The molecule has 1 heterocycles. The third kappa shape index (κ3) is 4.88. The predicted molar refractivity (Wildman–Crippen MR) is 87.6 cm³/mol. The number of hydrogen-bond donors (Lipinski definition) is 2. The van der Waals surface area contributed by atoms with Gasteiger partial charge in [0.25, 0.3) is 0 Å². The van der Waals surface area contributed by atoms with Crippen LogP contribution in [-0.4, -0.2) is 38.3 Å². The average Bonchev–Trinajstić information content (AvgIpc) is 2.91. The van der Waals surface area contributed by atoms with Crippen LogP contribution >= 0.6 is 24.2 Å². The first kappa shape index (κ1) is 18.3. The molecule has 0 aromatic heterocycles. The fourth-order valence-corrected chi connectivity index (χ4v) is 3.54. The smallest absolute Gasteiger partial charge is 0.238 e. The van der Waals surface area contributed by atoms with E-state index in [1.54, 1.807) is 36.0 Å². The fraction of sp³-hybridized carbons (Fsp3) is 0.462. The van der Waals surface area contributed by atoms with E-state index in [0.29, 0.717) is 0 Å². The van der Waals surface area contributed by atoms with Crippen molar-refractivity contribution in [1.29, 1.82) is 0 Å². The van der Waals surface area contributed by atoms with E-state index < -0.39 is 9.84 Å². The van der Waals surface area contributed by atoms with Gasteiger partial charge in [-0.1, -0.05) is 12.1 Å². The van der Waals surface area contributed by atoms with Crippen LogP contribution in [0, 0.1) is 0 Å². The van der Waals surface area contributed by atoms with Crippen LogP contribution in [0.15, 0.2) is 29.2 Å². The standard InChI is InChI=1S/C13H18N2O3S2.ClH/c1-9(15-13(16)12-7-19-8-14-12)10-3-5-11(6-4-10)20(2,17)18;/h3-6,9,12,14H,7-8H2,1-2H3,(H,15,16);1H. The molecule has 1 aromatic carbocycles. The molecular weight excluding hydrogens is 332 g/mol. The Bertz CT molecular complexity index is 584. The maximum Gasteiger partial charge on any atom is 0.238 e. The molecule has 8 heteroatoms. The van der Waals surface area contributed by atoms with E-state index in [4.69, 9.17) is 0 Å². The van der Waals surface area contributed by atoms with Gasteiger partial charge < -0.3 is 5.32 Å². The molecule has 5 nitrogen and oxygen atoms in total. The Hall–Kier alpha value is -0.760. The van der Waals surface area contributed by atoms with Crippen LogP contribution in [0.2, 0.25) is 0 Å². The molecule has 21 heavy (non-hydrogen) atoms. The van der Waals surface area contributed by atoms with Crippen molar-refractivity contribution in [2.45, 2.75) is 23.9 Å². The van der Waals surface area contributed by atoms with Crippen molar-refractivity contribution in [3.8, 4) is 0 Å². The van der Waals surface area contributed by atoms with Crippen molar-refractivity contribution in [3.05, 3.63) is 29.8 Å². The minimum atomic E-state index is -3.18. The number of halogens is 1. The highest BCUT2D eigenvalue weighted by molar-refractivity contribution is 7.99. The maximum atomic E-state index is 12.0. The summed E-state index contributed by atoms with van der Waals surface area (Å²) in [6.45, 7) is 1.88. The van der Waals surface area contributed by atoms with Crippen LogP contribution in [0.4, 0.5) is 0 Å². The summed E-state index contributed by atoms with van der Waals surface area (Å²) < 4.78 is 22.8. The monoisotopic (exact) mass is 350 g/mol. The molecular formula is C13H19ClN2O3S2. The Morgan fingerprint density at radius 1 is 1.38 bits per heavy atom. The SMILES string of the molecule is CC(NC(=O)C1CSCN1)c1ccc(S(C)(=O)=O)cc1.Cl. The van der Waals surface area contributed by atoms with E-state index in [0.717, 1.165) is 17.2 Å². The number of thioether (sulfide) groups is 1. The van der Waals surface area contributed by atoms with Gasteiger partial charge in [-0.2, -0.15) is 0 Å². The molecule has 0 bridgehead atoms. The fourth-order valence-electron chi connectivity index (χ4n) is 1.96. The Labute approximate surface area is 135 Å². The summed E-state index contributed by atoms with van der Waals surface area (Å²) >= 11 is 1.70. The van der Waals surface area contributed by atoms with Crippen LogP contribution in [0.1, 0.15) is 18.5 Å². The zero-order chi connectivity index (χ0) is 14.8. The minimum absolute atomic E-state index is 0. The van der Waals surface area contributed by atoms with Gasteiger partial charge in [-0.05, 0) is 24.6 Å². The number of hydrogen-bond acceptors (Lipinski definition) is 5. The van der Waals surface area contributed by atoms with Crippen LogP contribution < -0.4 is 10.6 Å². The summed E-state index contributed by atoms with van der Waals surface area (Å²) in [5, 5.41) is 6.05. The van der Waals surface area contributed by atoms with Gasteiger partial charge >= 0.3 is 0 Å². The first-order valence-corrected chi connectivity index (χ1v) is 9.34.